The molecule has 0 aromatic rings. The maximum atomic E-state index is 5.76. The molecular weight excluding hydrogens is 220 g/mol. The molecule has 0 rings (SSSR count). The molecule has 0 aliphatic carbocycles. The second kappa shape index (κ2) is 12.3. The van der Waals surface area contributed by atoms with Gasteiger partial charge in [-0.25, -0.2) is 0 Å². The van der Waals surface area contributed by atoms with Crippen LogP contribution in [0.15, 0.2) is 0 Å². The minimum absolute atomic E-state index is 0.237. The topological polar surface area (TPSA) is 57.0 Å². The fourth-order valence-corrected chi connectivity index (χ4v) is 1.64. The van der Waals surface area contributed by atoms with Crippen LogP contribution in [0.3, 0.4) is 0 Å². The molecule has 0 heterocycles. The van der Waals surface area contributed by atoms with Crippen molar-refractivity contribution < 1.29 is 14.2 Å². The van der Waals surface area contributed by atoms with Crippen LogP contribution < -0.4 is 5.73 Å². The summed E-state index contributed by atoms with van der Waals surface area (Å²) in [5.74, 6) is 0. The van der Waals surface area contributed by atoms with Crippen LogP contribution in [0.1, 0.15) is 13.8 Å². The third kappa shape index (κ3) is 8.51. The van der Waals surface area contributed by atoms with Crippen molar-refractivity contribution in [2.24, 2.45) is 5.73 Å². The second-order valence-corrected chi connectivity index (χ2v) is 3.77. The van der Waals surface area contributed by atoms with Crippen LogP contribution in [-0.2, 0) is 14.2 Å². The van der Waals surface area contributed by atoms with Crippen molar-refractivity contribution in [3.05, 3.63) is 0 Å². The van der Waals surface area contributed by atoms with E-state index in [2.05, 4.69) is 4.90 Å². The zero-order valence-electron chi connectivity index (χ0n) is 11.5. The summed E-state index contributed by atoms with van der Waals surface area (Å²) in [6.45, 7) is 9.92. The van der Waals surface area contributed by atoms with Gasteiger partial charge in [-0.05, 0) is 13.8 Å². The van der Waals surface area contributed by atoms with E-state index in [1.54, 1.807) is 7.11 Å². The van der Waals surface area contributed by atoms with Crippen molar-refractivity contribution in [1.29, 1.82) is 0 Å². The Morgan fingerprint density at radius 2 is 1.59 bits per heavy atom. The Morgan fingerprint density at radius 3 is 1.94 bits per heavy atom. The fraction of sp³-hybridized carbons (Fsp3) is 1.00. The van der Waals surface area contributed by atoms with Gasteiger partial charge in [0.1, 0.15) is 0 Å². The molecule has 0 amide bonds. The quantitative estimate of drug-likeness (QED) is 0.505. The smallest absolute Gasteiger partial charge is 0.0630 e. The number of rotatable bonds is 12. The summed E-state index contributed by atoms with van der Waals surface area (Å²) in [4.78, 5) is 2.27. The predicted octanol–water partition coefficient (Wildman–Crippen LogP) is 0.335. The van der Waals surface area contributed by atoms with Crippen molar-refractivity contribution in [2.45, 2.75) is 19.9 Å². The maximum absolute atomic E-state index is 5.76. The molecule has 17 heavy (non-hydrogen) atoms. The summed E-state index contributed by atoms with van der Waals surface area (Å²) in [6, 6.07) is 0.237. The molecule has 104 valence electrons. The molecule has 0 saturated carbocycles. The van der Waals surface area contributed by atoms with Crippen molar-refractivity contribution in [3.63, 3.8) is 0 Å². The van der Waals surface area contributed by atoms with Crippen LogP contribution in [0.5, 0.6) is 0 Å². The summed E-state index contributed by atoms with van der Waals surface area (Å²) in [7, 11) is 1.70. The summed E-state index contributed by atoms with van der Waals surface area (Å²) in [5.41, 5.74) is 5.76. The van der Waals surface area contributed by atoms with Gasteiger partial charge in [-0.3, -0.25) is 4.90 Å². The predicted molar refractivity (Wildman–Crippen MR) is 69.3 cm³/mol. The van der Waals surface area contributed by atoms with E-state index < -0.39 is 0 Å². The Labute approximate surface area is 105 Å². The van der Waals surface area contributed by atoms with Crippen LogP contribution in [0.4, 0.5) is 0 Å². The summed E-state index contributed by atoms with van der Waals surface area (Å²) in [5, 5.41) is 0. The Hall–Kier alpha value is -0.200. The van der Waals surface area contributed by atoms with Crippen LogP contribution >= 0.6 is 0 Å². The van der Waals surface area contributed by atoms with E-state index in [4.69, 9.17) is 19.9 Å². The highest BCUT2D eigenvalue weighted by Gasteiger charge is 2.16. The van der Waals surface area contributed by atoms with Gasteiger partial charge in [0.25, 0.3) is 0 Å². The molecule has 0 saturated heterocycles. The van der Waals surface area contributed by atoms with Gasteiger partial charge in [0, 0.05) is 46.0 Å². The standard InChI is InChI=1S/C12H28N2O3/c1-4-16-8-6-14(7-9-17-5-2)12(10-13)11-15-3/h12H,4-11,13H2,1-3H3. The normalized spacial score (nSPS) is 13.2. The number of hydrogen-bond acceptors (Lipinski definition) is 5. The summed E-state index contributed by atoms with van der Waals surface area (Å²) in [6.07, 6.45) is 0. The van der Waals surface area contributed by atoms with Gasteiger partial charge < -0.3 is 19.9 Å². The van der Waals surface area contributed by atoms with E-state index >= 15 is 0 Å². The van der Waals surface area contributed by atoms with Gasteiger partial charge in [-0.2, -0.15) is 0 Å². The highest BCUT2D eigenvalue weighted by molar-refractivity contribution is 4.72. The molecule has 1 atom stereocenters. The van der Waals surface area contributed by atoms with Crippen molar-refractivity contribution in [2.75, 3.05) is 59.8 Å². The van der Waals surface area contributed by atoms with Gasteiger partial charge in [0.15, 0.2) is 0 Å². The number of methoxy groups -OCH3 is 1. The minimum atomic E-state index is 0.237. The maximum Gasteiger partial charge on any atom is 0.0630 e. The number of ether oxygens (including phenoxy) is 3. The van der Waals surface area contributed by atoms with Gasteiger partial charge in [0.2, 0.25) is 0 Å². The minimum Gasteiger partial charge on any atom is -0.383 e. The van der Waals surface area contributed by atoms with E-state index in [0.717, 1.165) is 39.5 Å². The van der Waals surface area contributed by atoms with Crippen LogP contribution in [-0.4, -0.2) is 70.7 Å². The van der Waals surface area contributed by atoms with Crippen LogP contribution in [0.2, 0.25) is 0 Å². The largest absolute Gasteiger partial charge is 0.383 e. The monoisotopic (exact) mass is 248 g/mol. The van der Waals surface area contributed by atoms with Gasteiger partial charge in [-0.1, -0.05) is 0 Å². The SMILES string of the molecule is CCOCCN(CCOCC)C(CN)COC. The van der Waals surface area contributed by atoms with Crippen molar-refractivity contribution in [3.8, 4) is 0 Å². The first-order valence-corrected chi connectivity index (χ1v) is 6.38. The summed E-state index contributed by atoms with van der Waals surface area (Å²) < 4.78 is 15.9. The van der Waals surface area contributed by atoms with E-state index in [-0.39, 0.29) is 6.04 Å². The highest BCUT2D eigenvalue weighted by atomic mass is 16.5. The number of hydrogen-bond donors (Lipinski definition) is 1. The summed E-state index contributed by atoms with van der Waals surface area (Å²) >= 11 is 0. The Bertz CT molecular complexity index is 149. The molecule has 1 unspecified atom stereocenters. The second-order valence-electron chi connectivity index (χ2n) is 3.77. The molecule has 0 aromatic carbocycles. The lowest BCUT2D eigenvalue weighted by Crippen LogP contribution is -2.46. The van der Waals surface area contributed by atoms with Gasteiger partial charge in [0.05, 0.1) is 19.8 Å². The highest BCUT2D eigenvalue weighted by Crippen LogP contribution is 1.99. The lowest BCUT2D eigenvalue weighted by atomic mass is 10.2. The van der Waals surface area contributed by atoms with E-state index in [9.17, 15) is 0 Å². The molecule has 0 aliphatic rings. The number of nitrogens with two attached hydrogens (primary N) is 1. The third-order valence-corrected chi connectivity index (χ3v) is 2.60. The molecule has 5 nitrogen and oxygen atoms in total. The molecule has 2 N–H and O–H groups in total. The third-order valence-electron chi connectivity index (χ3n) is 2.60. The van der Waals surface area contributed by atoms with Crippen molar-refractivity contribution >= 4 is 0 Å². The zero-order valence-corrected chi connectivity index (χ0v) is 11.5. The average Bonchev–Trinajstić information content (AvgIpc) is 2.35. The van der Waals surface area contributed by atoms with E-state index in [1.807, 2.05) is 13.8 Å². The lowest BCUT2D eigenvalue weighted by molar-refractivity contribution is 0.0381. The number of nitrogens with zero attached hydrogens (tertiary/aromatic N) is 1. The zero-order chi connectivity index (χ0) is 12.9. The molecule has 0 radical (unpaired) electrons. The van der Waals surface area contributed by atoms with Gasteiger partial charge in [-0.15, -0.1) is 0 Å². The van der Waals surface area contributed by atoms with E-state index in [0.29, 0.717) is 13.2 Å². The first kappa shape index (κ1) is 16.8. The lowest BCUT2D eigenvalue weighted by Gasteiger charge is -2.30. The molecule has 0 aliphatic heterocycles. The molecule has 0 spiro atoms. The first-order valence-electron chi connectivity index (χ1n) is 6.38. The molecule has 0 bridgehead atoms. The Kier molecular flexibility index (Phi) is 12.1. The van der Waals surface area contributed by atoms with Crippen LogP contribution in [0, 0.1) is 0 Å². The Balaban J connectivity index is 4.04. The average molecular weight is 248 g/mol. The molecule has 0 fully saturated rings. The van der Waals surface area contributed by atoms with Gasteiger partial charge >= 0.3 is 0 Å². The molecule has 0 aromatic heterocycles. The van der Waals surface area contributed by atoms with Crippen LogP contribution in [0.25, 0.3) is 0 Å². The molecule has 5 heteroatoms. The Morgan fingerprint density at radius 1 is 1.06 bits per heavy atom. The van der Waals surface area contributed by atoms with E-state index in [1.165, 1.54) is 0 Å². The fourth-order valence-electron chi connectivity index (χ4n) is 1.64. The first-order chi connectivity index (χ1) is 8.29. The van der Waals surface area contributed by atoms with Crippen molar-refractivity contribution in [1.82, 2.24) is 4.90 Å². The molecular formula is C12H28N2O3.